The molecule has 0 spiro atoms. The largest absolute Gasteiger partial charge is 0.497 e. The van der Waals surface area contributed by atoms with E-state index in [1.54, 1.807) is 44.2 Å². The van der Waals surface area contributed by atoms with E-state index in [0.717, 1.165) is 0 Å². The minimum absolute atomic E-state index is 0.0582. The maximum atomic E-state index is 12.3. The number of nitrogens with one attached hydrogen (secondary N) is 1. The van der Waals surface area contributed by atoms with Crippen LogP contribution in [0.2, 0.25) is 5.15 Å². The maximum absolute atomic E-state index is 12.3. The second kappa shape index (κ2) is 7.98. The second-order valence-electron chi connectivity index (χ2n) is 5.52. The summed E-state index contributed by atoms with van der Waals surface area (Å²) in [5.41, 5.74) is 2.04. The summed E-state index contributed by atoms with van der Waals surface area (Å²) >= 11 is 6.03. The number of amides is 1. The van der Waals surface area contributed by atoms with Crippen molar-refractivity contribution in [2.24, 2.45) is 0 Å². The van der Waals surface area contributed by atoms with Gasteiger partial charge < -0.3 is 14.8 Å². The van der Waals surface area contributed by atoms with Crippen LogP contribution >= 0.6 is 11.6 Å². The number of benzene rings is 1. The van der Waals surface area contributed by atoms with Crippen LogP contribution in [0.4, 0.5) is 5.69 Å². The van der Waals surface area contributed by atoms with E-state index in [4.69, 9.17) is 21.1 Å². The summed E-state index contributed by atoms with van der Waals surface area (Å²) in [5.74, 6) is -0.547. The predicted octanol–water partition coefficient (Wildman–Crippen LogP) is 3.54. The average Bonchev–Trinajstić information content (AvgIpc) is 2.53. The monoisotopic (exact) mass is 362 g/mol. The van der Waals surface area contributed by atoms with Gasteiger partial charge in [0.05, 0.1) is 12.7 Å². The fourth-order valence-electron chi connectivity index (χ4n) is 2.25. The third kappa shape index (κ3) is 4.70. The molecule has 2 rings (SSSR count). The Labute approximate surface area is 151 Å². The number of pyridine rings is 1. The zero-order valence-electron chi connectivity index (χ0n) is 14.4. The van der Waals surface area contributed by atoms with Crippen LogP contribution in [0, 0.1) is 13.8 Å². The van der Waals surface area contributed by atoms with Gasteiger partial charge >= 0.3 is 5.97 Å². The lowest BCUT2D eigenvalue weighted by atomic mass is 10.1. The van der Waals surface area contributed by atoms with Crippen molar-refractivity contribution in [3.05, 3.63) is 52.3 Å². The highest BCUT2D eigenvalue weighted by Crippen LogP contribution is 2.21. The van der Waals surface area contributed by atoms with E-state index in [1.165, 1.54) is 14.0 Å². The van der Waals surface area contributed by atoms with E-state index >= 15 is 0 Å². The van der Waals surface area contributed by atoms with Crippen molar-refractivity contribution >= 4 is 29.2 Å². The molecule has 1 aromatic carbocycles. The molecule has 0 aliphatic carbocycles. The van der Waals surface area contributed by atoms with Gasteiger partial charge in [0, 0.05) is 17.4 Å². The lowest BCUT2D eigenvalue weighted by Gasteiger charge is -2.15. The first-order valence-corrected chi connectivity index (χ1v) is 7.99. The van der Waals surface area contributed by atoms with Crippen LogP contribution in [-0.2, 0) is 9.53 Å². The summed E-state index contributed by atoms with van der Waals surface area (Å²) in [6.45, 7) is 4.99. The Balaban J connectivity index is 2.07. The normalized spacial score (nSPS) is 11.6. The number of rotatable bonds is 5. The molecule has 0 radical (unpaired) electrons. The fraction of sp³-hybridized carbons (Fsp3) is 0.278. The number of anilines is 1. The molecule has 0 saturated carbocycles. The van der Waals surface area contributed by atoms with Crippen molar-refractivity contribution in [3.8, 4) is 5.75 Å². The molecule has 0 fully saturated rings. The number of halogens is 1. The van der Waals surface area contributed by atoms with E-state index in [-0.39, 0.29) is 10.7 Å². The van der Waals surface area contributed by atoms with Gasteiger partial charge in [-0.3, -0.25) is 4.79 Å². The maximum Gasteiger partial charge on any atom is 0.342 e. The summed E-state index contributed by atoms with van der Waals surface area (Å²) in [6, 6.07) is 8.60. The van der Waals surface area contributed by atoms with Crippen LogP contribution in [0.25, 0.3) is 0 Å². The lowest BCUT2D eigenvalue weighted by Crippen LogP contribution is -2.30. The van der Waals surface area contributed by atoms with Crippen LogP contribution in [-0.4, -0.2) is 30.1 Å². The van der Waals surface area contributed by atoms with Gasteiger partial charge in [-0.1, -0.05) is 17.7 Å². The minimum atomic E-state index is -1.00. The molecule has 0 saturated heterocycles. The molecule has 2 aromatic rings. The molecule has 0 aliphatic rings. The number of carbonyl (C=O) groups is 2. The Morgan fingerprint density at radius 2 is 1.96 bits per heavy atom. The number of ether oxygens (including phenoxy) is 2. The molecular weight excluding hydrogens is 344 g/mol. The van der Waals surface area contributed by atoms with Gasteiger partial charge in [-0.15, -0.1) is 0 Å². The SMILES string of the molecule is COc1cccc(NC(=O)[C@H](C)OC(=O)c2c(C)cc(C)nc2Cl)c1. The van der Waals surface area contributed by atoms with E-state index in [2.05, 4.69) is 10.3 Å². The number of carbonyl (C=O) groups excluding carboxylic acids is 2. The van der Waals surface area contributed by atoms with Crippen LogP contribution in [0.3, 0.4) is 0 Å². The van der Waals surface area contributed by atoms with Gasteiger partial charge in [0.15, 0.2) is 6.10 Å². The average molecular weight is 363 g/mol. The van der Waals surface area contributed by atoms with Crippen LogP contribution < -0.4 is 10.1 Å². The van der Waals surface area contributed by atoms with Gasteiger partial charge in [0.1, 0.15) is 10.9 Å². The predicted molar refractivity (Wildman–Crippen MR) is 95.2 cm³/mol. The molecule has 25 heavy (non-hydrogen) atoms. The van der Waals surface area contributed by atoms with E-state index in [1.807, 2.05) is 0 Å². The topological polar surface area (TPSA) is 77.5 Å². The molecule has 0 unspecified atom stereocenters. The van der Waals surface area contributed by atoms with Crippen molar-refractivity contribution in [1.29, 1.82) is 0 Å². The van der Waals surface area contributed by atoms with Gasteiger partial charge in [0.25, 0.3) is 5.91 Å². The van der Waals surface area contributed by atoms with Crippen molar-refractivity contribution in [2.45, 2.75) is 26.9 Å². The summed E-state index contributed by atoms with van der Waals surface area (Å²) in [6.07, 6.45) is -1.00. The summed E-state index contributed by atoms with van der Waals surface area (Å²) in [5, 5.41) is 2.73. The Kier molecular flexibility index (Phi) is 5.98. The van der Waals surface area contributed by atoms with E-state index in [9.17, 15) is 9.59 Å². The standard InChI is InChI=1S/C18H19ClN2O4/c1-10-8-11(2)20-16(19)15(10)18(23)25-12(3)17(22)21-13-6-5-7-14(9-13)24-4/h5-9,12H,1-4H3,(H,21,22)/t12-/m0/s1. The number of aryl methyl sites for hydroxylation is 2. The first-order valence-electron chi connectivity index (χ1n) is 7.61. The minimum Gasteiger partial charge on any atom is -0.497 e. The first kappa shape index (κ1) is 18.7. The highest BCUT2D eigenvalue weighted by Gasteiger charge is 2.23. The van der Waals surface area contributed by atoms with Crippen molar-refractivity contribution < 1.29 is 19.1 Å². The Morgan fingerprint density at radius 1 is 1.24 bits per heavy atom. The molecule has 0 aliphatic heterocycles. The van der Waals surface area contributed by atoms with E-state index in [0.29, 0.717) is 22.7 Å². The highest BCUT2D eigenvalue weighted by molar-refractivity contribution is 6.32. The molecule has 7 heteroatoms. The smallest absolute Gasteiger partial charge is 0.342 e. The van der Waals surface area contributed by atoms with Gasteiger partial charge in [0.2, 0.25) is 0 Å². The molecule has 1 aromatic heterocycles. The zero-order chi connectivity index (χ0) is 18.6. The molecule has 1 amide bonds. The molecule has 1 atom stereocenters. The Bertz CT molecular complexity index is 784. The molecular formula is C18H19ClN2O4. The number of hydrogen-bond acceptors (Lipinski definition) is 5. The third-order valence-corrected chi connectivity index (χ3v) is 3.77. The summed E-state index contributed by atoms with van der Waals surface area (Å²) in [4.78, 5) is 28.6. The fourth-order valence-corrected chi connectivity index (χ4v) is 2.61. The quantitative estimate of drug-likeness (QED) is 0.650. The number of esters is 1. The van der Waals surface area contributed by atoms with Gasteiger partial charge in [-0.05, 0) is 44.5 Å². The summed E-state index contributed by atoms with van der Waals surface area (Å²) in [7, 11) is 1.53. The van der Waals surface area contributed by atoms with Crippen molar-refractivity contribution in [1.82, 2.24) is 4.98 Å². The molecule has 132 valence electrons. The Hall–Kier alpha value is -2.60. The van der Waals surface area contributed by atoms with Crippen molar-refractivity contribution in [3.63, 3.8) is 0 Å². The van der Waals surface area contributed by atoms with Crippen LogP contribution in [0.1, 0.15) is 28.5 Å². The number of hydrogen-bond donors (Lipinski definition) is 1. The van der Waals surface area contributed by atoms with E-state index < -0.39 is 18.0 Å². The molecule has 0 bridgehead atoms. The molecule has 1 heterocycles. The Morgan fingerprint density at radius 3 is 2.60 bits per heavy atom. The lowest BCUT2D eigenvalue weighted by molar-refractivity contribution is -0.123. The number of aromatic nitrogens is 1. The van der Waals surface area contributed by atoms with Gasteiger partial charge in [-0.2, -0.15) is 0 Å². The summed E-state index contributed by atoms with van der Waals surface area (Å²) < 4.78 is 10.3. The zero-order valence-corrected chi connectivity index (χ0v) is 15.2. The molecule has 1 N–H and O–H groups in total. The first-order chi connectivity index (χ1) is 11.8. The van der Waals surface area contributed by atoms with Gasteiger partial charge in [-0.25, -0.2) is 9.78 Å². The molecule has 6 nitrogen and oxygen atoms in total. The third-order valence-electron chi connectivity index (χ3n) is 3.49. The second-order valence-corrected chi connectivity index (χ2v) is 5.87. The van der Waals surface area contributed by atoms with Crippen LogP contribution in [0.15, 0.2) is 30.3 Å². The van der Waals surface area contributed by atoms with Crippen LogP contribution in [0.5, 0.6) is 5.75 Å². The number of methoxy groups -OCH3 is 1. The number of nitrogens with zero attached hydrogens (tertiary/aromatic N) is 1. The highest BCUT2D eigenvalue weighted by atomic mass is 35.5. The van der Waals surface area contributed by atoms with Crippen molar-refractivity contribution in [2.75, 3.05) is 12.4 Å².